The minimum atomic E-state index is -0.374. The molecule has 4 heteroatoms. The van der Waals surface area contributed by atoms with Gasteiger partial charge in [-0.25, -0.2) is 0 Å². The summed E-state index contributed by atoms with van der Waals surface area (Å²) < 4.78 is 5.37. The van der Waals surface area contributed by atoms with Gasteiger partial charge in [-0.05, 0) is 18.3 Å². The molecule has 1 aliphatic carbocycles. The fourth-order valence-corrected chi connectivity index (χ4v) is 2.40. The molecule has 96 valence electrons. The van der Waals surface area contributed by atoms with Crippen molar-refractivity contribution in [2.24, 2.45) is 11.1 Å². The summed E-state index contributed by atoms with van der Waals surface area (Å²) in [5.41, 5.74) is 6.16. The molecule has 0 amide bonds. The molecule has 1 heterocycles. The van der Waals surface area contributed by atoms with E-state index in [1.807, 2.05) is 0 Å². The predicted octanol–water partition coefficient (Wildman–Crippen LogP) is 2.78. The second kappa shape index (κ2) is 4.41. The Morgan fingerprint density at radius 1 is 1.24 bits per heavy atom. The topological polar surface area (TPSA) is 64.9 Å². The fourth-order valence-electron chi connectivity index (χ4n) is 2.40. The van der Waals surface area contributed by atoms with E-state index in [0.29, 0.717) is 5.89 Å². The molecule has 1 fully saturated rings. The third-order valence-corrected chi connectivity index (χ3v) is 3.33. The van der Waals surface area contributed by atoms with E-state index in [9.17, 15) is 0 Å². The van der Waals surface area contributed by atoms with Gasteiger partial charge in [0, 0.05) is 6.42 Å². The maximum absolute atomic E-state index is 6.36. The Hall–Kier alpha value is -0.900. The molecule has 4 nitrogen and oxygen atoms in total. The normalized spacial score (nSPS) is 20.5. The Bertz CT molecular complexity index is 372. The summed E-state index contributed by atoms with van der Waals surface area (Å²) in [7, 11) is 0. The number of nitrogens with two attached hydrogens (primary N) is 1. The Kier molecular flexibility index (Phi) is 3.25. The Balaban J connectivity index is 2.12. The Morgan fingerprint density at radius 2 is 1.88 bits per heavy atom. The average molecular weight is 237 g/mol. The van der Waals surface area contributed by atoms with Gasteiger partial charge in [0.2, 0.25) is 5.89 Å². The molecule has 0 spiro atoms. The van der Waals surface area contributed by atoms with Gasteiger partial charge in [-0.3, -0.25) is 0 Å². The van der Waals surface area contributed by atoms with Crippen molar-refractivity contribution >= 4 is 0 Å². The second-order valence-electron chi connectivity index (χ2n) is 6.47. The van der Waals surface area contributed by atoms with E-state index in [-0.39, 0.29) is 11.0 Å². The van der Waals surface area contributed by atoms with Gasteiger partial charge < -0.3 is 10.3 Å². The van der Waals surface area contributed by atoms with E-state index >= 15 is 0 Å². The number of hydrogen-bond donors (Lipinski definition) is 1. The zero-order valence-corrected chi connectivity index (χ0v) is 11.1. The summed E-state index contributed by atoms with van der Waals surface area (Å²) in [6.07, 6.45) is 6.34. The van der Waals surface area contributed by atoms with E-state index in [1.54, 1.807) is 0 Å². The zero-order valence-electron chi connectivity index (χ0n) is 11.1. The van der Waals surface area contributed by atoms with Crippen molar-refractivity contribution in [2.75, 3.05) is 0 Å². The molecule has 0 radical (unpaired) electrons. The predicted molar refractivity (Wildman–Crippen MR) is 66.4 cm³/mol. The summed E-state index contributed by atoms with van der Waals surface area (Å²) in [5.74, 6) is 1.42. The first-order valence-corrected chi connectivity index (χ1v) is 6.51. The first-order chi connectivity index (χ1) is 7.89. The van der Waals surface area contributed by atoms with Crippen LogP contribution in [0.3, 0.4) is 0 Å². The van der Waals surface area contributed by atoms with Gasteiger partial charge in [0.25, 0.3) is 0 Å². The Morgan fingerprint density at radius 3 is 2.47 bits per heavy atom. The van der Waals surface area contributed by atoms with Crippen LogP contribution in [0.25, 0.3) is 0 Å². The summed E-state index contributed by atoms with van der Waals surface area (Å²) in [6.45, 7) is 6.51. The third kappa shape index (κ3) is 3.06. The minimum absolute atomic E-state index is 0.176. The summed E-state index contributed by atoms with van der Waals surface area (Å²) in [6, 6.07) is 0. The molecule has 2 rings (SSSR count). The molecule has 1 aromatic heterocycles. The van der Waals surface area contributed by atoms with E-state index in [0.717, 1.165) is 37.9 Å². The monoisotopic (exact) mass is 237 g/mol. The van der Waals surface area contributed by atoms with Crippen LogP contribution >= 0.6 is 0 Å². The second-order valence-corrected chi connectivity index (χ2v) is 6.47. The lowest BCUT2D eigenvalue weighted by atomic mass is 9.82. The van der Waals surface area contributed by atoms with E-state index < -0.39 is 0 Å². The van der Waals surface area contributed by atoms with Crippen LogP contribution in [0, 0.1) is 5.41 Å². The standard InChI is InChI=1S/C13H23N3O/c1-12(2,3)9-10-15-11(17-16-10)13(14)7-5-4-6-8-13/h4-9,14H2,1-3H3. The van der Waals surface area contributed by atoms with Crippen molar-refractivity contribution in [3.8, 4) is 0 Å². The summed E-state index contributed by atoms with van der Waals surface area (Å²) in [5, 5.41) is 4.06. The van der Waals surface area contributed by atoms with Crippen LogP contribution in [-0.2, 0) is 12.0 Å². The maximum Gasteiger partial charge on any atom is 0.246 e. The van der Waals surface area contributed by atoms with E-state index in [2.05, 4.69) is 30.9 Å². The quantitative estimate of drug-likeness (QED) is 0.859. The van der Waals surface area contributed by atoms with Crippen molar-refractivity contribution in [3.63, 3.8) is 0 Å². The van der Waals surface area contributed by atoms with Gasteiger partial charge >= 0.3 is 0 Å². The molecule has 1 aliphatic rings. The van der Waals surface area contributed by atoms with Crippen LogP contribution in [0.5, 0.6) is 0 Å². The van der Waals surface area contributed by atoms with Crippen LogP contribution in [0.4, 0.5) is 0 Å². The van der Waals surface area contributed by atoms with Crippen LogP contribution < -0.4 is 5.73 Å². The number of hydrogen-bond acceptors (Lipinski definition) is 4. The molecule has 0 saturated heterocycles. The molecule has 2 N–H and O–H groups in total. The first-order valence-electron chi connectivity index (χ1n) is 6.51. The van der Waals surface area contributed by atoms with Crippen molar-refractivity contribution in [3.05, 3.63) is 11.7 Å². The molecule has 0 aliphatic heterocycles. The molecule has 0 aromatic carbocycles. The van der Waals surface area contributed by atoms with Gasteiger partial charge in [-0.2, -0.15) is 4.98 Å². The molecule has 0 atom stereocenters. The molecular weight excluding hydrogens is 214 g/mol. The highest BCUT2D eigenvalue weighted by Gasteiger charge is 2.35. The SMILES string of the molecule is CC(C)(C)Cc1noc(C2(N)CCCCC2)n1. The zero-order chi connectivity index (χ0) is 12.5. The highest BCUT2D eigenvalue weighted by atomic mass is 16.5. The van der Waals surface area contributed by atoms with E-state index in [4.69, 9.17) is 10.3 Å². The smallest absolute Gasteiger partial charge is 0.246 e. The van der Waals surface area contributed by atoms with Crippen LogP contribution in [0.15, 0.2) is 4.52 Å². The number of nitrogens with zero attached hydrogens (tertiary/aromatic N) is 2. The number of rotatable bonds is 2. The molecule has 1 aromatic rings. The molecule has 0 bridgehead atoms. The van der Waals surface area contributed by atoms with Crippen molar-refractivity contribution in [1.29, 1.82) is 0 Å². The summed E-state index contributed by atoms with van der Waals surface area (Å²) in [4.78, 5) is 4.49. The largest absolute Gasteiger partial charge is 0.337 e. The van der Waals surface area contributed by atoms with Crippen LogP contribution in [-0.4, -0.2) is 10.1 Å². The van der Waals surface area contributed by atoms with E-state index in [1.165, 1.54) is 6.42 Å². The van der Waals surface area contributed by atoms with Gasteiger partial charge in [0.05, 0.1) is 5.54 Å². The molecule has 1 saturated carbocycles. The van der Waals surface area contributed by atoms with Gasteiger partial charge in [0.15, 0.2) is 5.82 Å². The Labute approximate surface area is 103 Å². The van der Waals surface area contributed by atoms with Crippen molar-refractivity contribution < 1.29 is 4.52 Å². The van der Waals surface area contributed by atoms with Gasteiger partial charge in [-0.15, -0.1) is 0 Å². The van der Waals surface area contributed by atoms with Crippen LogP contribution in [0.2, 0.25) is 0 Å². The fraction of sp³-hybridized carbons (Fsp3) is 0.846. The first kappa shape index (κ1) is 12.6. The molecule has 17 heavy (non-hydrogen) atoms. The van der Waals surface area contributed by atoms with Crippen molar-refractivity contribution in [1.82, 2.24) is 10.1 Å². The lowest BCUT2D eigenvalue weighted by Gasteiger charge is -2.29. The maximum atomic E-state index is 6.36. The highest BCUT2D eigenvalue weighted by molar-refractivity contribution is 5.04. The molecular formula is C13H23N3O. The summed E-state index contributed by atoms with van der Waals surface area (Å²) >= 11 is 0. The average Bonchev–Trinajstić information content (AvgIpc) is 2.65. The van der Waals surface area contributed by atoms with Crippen molar-refractivity contribution in [2.45, 2.75) is 64.8 Å². The lowest BCUT2D eigenvalue weighted by Crippen LogP contribution is -2.39. The third-order valence-electron chi connectivity index (χ3n) is 3.33. The van der Waals surface area contributed by atoms with Crippen LogP contribution in [0.1, 0.15) is 64.6 Å². The minimum Gasteiger partial charge on any atom is -0.337 e. The van der Waals surface area contributed by atoms with Gasteiger partial charge in [-0.1, -0.05) is 45.2 Å². The lowest BCUT2D eigenvalue weighted by molar-refractivity contribution is 0.219. The highest BCUT2D eigenvalue weighted by Crippen LogP contribution is 2.34. The molecule has 0 unspecified atom stereocenters. The number of aromatic nitrogens is 2. The van der Waals surface area contributed by atoms with Gasteiger partial charge in [0.1, 0.15) is 0 Å².